The molecule has 6 nitrogen and oxygen atoms in total. The number of amides is 1. The Kier molecular flexibility index (Phi) is 5.54. The van der Waals surface area contributed by atoms with Gasteiger partial charge < -0.3 is 10.4 Å². The van der Waals surface area contributed by atoms with Gasteiger partial charge in [0, 0.05) is 12.1 Å². The fourth-order valence-corrected chi connectivity index (χ4v) is 2.98. The molecule has 0 spiro atoms. The first-order chi connectivity index (χ1) is 13.4. The maximum atomic E-state index is 13.3. The average molecular weight is 381 g/mol. The molecule has 7 heteroatoms. The van der Waals surface area contributed by atoms with E-state index in [1.165, 1.54) is 28.9 Å². The van der Waals surface area contributed by atoms with Gasteiger partial charge in [0.25, 0.3) is 5.91 Å². The minimum absolute atomic E-state index is 0.134. The minimum atomic E-state index is -1.22. The summed E-state index contributed by atoms with van der Waals surface area (Å²) in [7, 11) is 0. The number of carboxylic acids is 1. The third kappa shape index (κ3) is 3.93. The van der Waals surface area contributed by atoms with Crippen LogP contribution < -0.4 is 5.32 Å². The molecule has 1 heterocycles. The lowest BCUT2D eigenvalue weighted by Crippen LogP contribution is -2.27. The predicted molar refractivity (Wildman–Crippen MR) is 102 cm³/mol. The Balaban J connectivity index is 2.06. The molecule has 3 aromatic rings. The zero-order chi connectivity index (χ0) is 20.3. The molecule has 1 aromatic heterocycles. The minimum Gasteiger partial charge on any atom is -0.476 e. The fraction of sp³-hybridized carbons (Fsp3) is 0.190. The van der Waals surface area contributed by atoms with Crippen LogP contribution in [0, 0.1) is 5.82 Å². The Morgan fingerprint density at radius 1 is 1.11 bits per heavy atom. The molecule has 28 heavy (non-hydrogen) atoms. The number of nitrogens with zero attached hydrogens (tertiary/aromatic N) is 2. The summed E-state index contributed by atoms with van der Waals surface area (Å²) in [6, 6.07) is 14.7. The molecule has 0 bridgehead atoms. The molecule has 1 amide bonds. The van der Waals surface area contributed by atoms with Gasteiger partial charge in [0.1, 0.15) is 11.5 Å². The summed E-state index contributed by atoms with van der Waals surface area (Å²) in [5.41, 5.74) is 1.59. The maximum absolute atomic E-state index is 13.3. The topological polar surface area (TPSA) is 84.2 Å². The van der Waals surface area contributed by atoms with Crippen LogP contribution in [-0.4, -0.2) is 26.8 Å². The first kappa shape index (κ1) is 19.3. The second-order valence-electron chi connectivity index (χ2n) is 6.63. The maximum Gasteiger partial charge on any atom is 0.356 e. The molecule has 144 valence electrons. The van der Waals surface area contributed by atoms with E-state index in [0.29, 0.717) is 11.3 Å². The number of benzene rings is 2. The quantitative estimate of drug-likeness (QED) is 0.681. The van der Waals surface area contributed by atoms with Crippen molar-refractivity contribution in [2.24, 2.45) is 0 Å². The summed E-state index contributed by atoms with van der Waals surface area (Å²) < 4.78 is 14.6. The number of hydrogen-bond acceptors (Lipinski definition) is 3. The van der Waals surface area contributed by atoms with E-state index in [0.717, 1.165) is 5.56 Å². The van der Waals surface area contributed by atoms with Gasteiger partial charge in [0.05, 0.1) is 5.69 Å². The van der Waals surface area contributed by atoms with E-state index in [2.05, 4.69) is 10.4 Å². The predicted octanol–water partition coefficient (Wildman–Crippen LogP) is 3.76. The molecule has 0 aliphatic carbocycles. The third-order valence-electron chi connectivity index (χ3n) is 4.28. The van der Waals surface area contributed by atoms with Crippen LogP contribution in [0.25, 0.3) is 5.69 Å². The Morgan fingerprint density at radius 2 is 1.75 bits per heavy atom. The lowest BCUT2D eigenvalue weighted by molar-refractivity contribution is 0.0688. The normalized spacial score (nSPS) is 10.9. The summed E-state index contributed by atoms with van der Waals surface area (Å²) >= 11 is 0. The van der Waals surface area contributed by atoms with E-state index in [1.807, 2.05) is 30.3 Å². The first-order valence-electron chi connectivity index (χ1n) is 8.82. The van der Waals surface area contributed by atoms with Crippen molar-refractivity contribution in [1.29, 1.82) is 0 Å². The molecule has 2 N–H and O–H groups in total. The van der Waals surface area contributed by atoms with Crippen LogP contribution in [0.15, 0.2) is 54.6 Å². The molecule has 2 aromatic carbocycles. The van der Waals surface area contributed by atoms with Crippen molar-refractivity contribution < 1.29 is 19.1 Å². The van der Waals surface area contributed by atoms with Gasteiger partial charge in [-0.3, -0.25) is 4.79 Å². The number of nitrogens with one attached hydrogen (secondary N) is 1. The molecule has 0 radical (unpaired) electrons. The second-order valence-corrected chi connectivity index (χ2v) is 6.63. The number of hydrogen-bond donors (Lipinski definition) is 2. The highest BCUT2D eigenvalue weighted by atomic mass is 19.1. The lowest BCUT2D eigenvalue weighted by atomic mass is 9.99. The van der Waals surface area contributed by atoms with Crippen LogP contribution >= 0.6 is 0 Å². The zero-order valence-corrected chi connectivity index (χ0v) is 15.5. The van der Waals surface area contributed by atoms with Crippen LogP contribution in [0.3, 0.4) is 0 Å². The SMILES string of the molecule is CC(C)c1c(C(=O)O)nn(-c2ccc(F)cc2)c1C(=O)NCc1ccccc1. The van der Waals surface area contributed by atoms with E-state index >= 15 is 0 Å². The molecule has 0 saturated heterocycles. The molecular weight excluding hydrogens is 361 g/mol. The van der Waals surface area contributed by atoms with Gasteiger partial charge in [-0.25, -0.2) is 13.9 Å². The van der Waals surface area contributed by atoms with Crippen LogP contribution in [0.4, 0.5) is 4.39 Å². The van der Waals surface area contributed by atoms with E-state index in [-0.39, 0.29) is 23.9 Å². The Morgan fingerprint density at radius 3 is 2.32 bits per heavy atom. The van der Waals surface area contributed by atoms with Crippen molar-refractivity contribution >= 4 is 11.9 Å². The van der Waals surface area contributed by atoms with Gasteiger partial charge >= 0.3 is 5.97 Å². The van der Waals surface area contributed by atoms with Crippen LogP contribution in [-0.2, 0) is 6.54 Å². The smallest absolute Gasteiger partial charge is 0.356 e. The number of carbonyl (C=O) groups excluding carboxylic acids is 1. The van der Waals surface area contributed by atoms with Crippen molar-refractivity contribution in [1.82, 2.24) is 15.1 Å². The summed E-state index contributed by atoms with van der Waals surface area (Å²) in [6.45, 7) is 3.88. The Labute approximate surface area is 161 Å². The zero-order valence-electron chi connectivity index (χ0n) is 15.5. The van der Waals surface area contributed by atoms with Gasteiger partial charge in [-0.2, -0.15) is 5.10 Å². The van der Waals surface area contributed by atoms with E-state index in [1.54, 1.807) is 13.8 Å². The van der Waals surface area contributed by atoms with Gasteiger partial charge in [0.15, 0.2) is 5.69 Å². The third-order valence-corrected chi connectivity index (χ3v) is 4.28. The Hall–Kier alpha value is -3.48. The molecule has 0 aliphatic rings. The Bertz CT molecular complexity index is 996. The first-order valence-corrected chi connectivity index (χ1v) is 8.82. The van der Waals surface area contributed by atoms with Gasteiger partial charge in [-0.1, -0.05) is 44.2 Å². The van der Waals surface area contributed by atoms with Crippen molar-refractivity contribution in [3.8, 4) is 5.69 Å². The monoisotopic (exact) mass is 381 g/mol. The molecule has 0 fully saturated rings. The van der Waals surface area contributed by atoms with Gasteiger partial charge in [-0.15, -0.1) is 0 Å². The van der Waals surface area contributed by atoms with E-state index in [9.17, 15) is 19.1 Å². The lowest BCUT2D eigenvalue weighted by Gasteiger charge is -2.12. The van der Waals surface area contributed by atoms with Crippen molar-refractivity contribution in [3.63, 3.8) is 0 Å². The van der Waals surface area contributed by atoms with E-state index < -0.39 is 17.7 Å². The highest BCUT2D eigenvalue weighted by molar-refractivity contribution is 5.99. The van der Waals surface area contributed by atoms with Crippen molar-refractivity contribution in [2.75, 3.05) is 0 Å². The number of halogens is 1. The fourth-order valence-electron chi connectivity index (χ4n) is 2.98. The number of carboxylic acid groups (broad SMARTS) is 1. The van der Waals surface area contributed by atoms with Crippen LogP contribution in [0.5, 0.6) is 0 Å². The molecule has 0 unspecified atom stereocenters. The largest absolute Gasteiger partial charge is 0.476 e. The molecule has 0 saturated carbocycles. The van der Waals surface area contributed by atoms with Crippen molar-refractivity contribution in [2.45, 2.75) is 26.3 Å². The highest BCUT2D eigenvalue weighted by Crippen LogP contribution is 2.26. The van der Waals surface area contributed by atoms with E-state index in [4.69, 9.17) is 0 Å². The molecular formula is C21H20FN3O3. The number of aromatic nitrogens is 2. The summed E-state index contributed by atoms with van der Waals surface area (Å²) in [6.07, 6.45) is 0. The van der Waals surface area contributed by atoms with Crippen LogP contribution in [0.2, 0.25) is 0 Å². The van der Waals surface area contributed by atoms with Crippen LogP contribution in [0.1, 0.15) is 51.9 Å². The molecule has 0 atom stereocenters. The highest BCUT2D eigenvalue weighted by Gasteiger charge is 2.29. The van der Waals surface area contributed by atoms with Gasteiger partial charge in [0.2, 0.25) is 0 Å². The summed E-state index contributed by atoms with van der Waals surface area (Å²) in [4.78, 5) is 24.7. The molecule has 3 rings (SSSR count). The summed E-state index contributed by atoms with van der Waals surface area (Å²) in [5.74, 6) is -2.36. The number of rotatable bonds is 6. The van der Waals surface area contributed by atoms with Crippen molar-refractivity contribution in [3.05, 3.63) is 82.9 Å². The number of aromatic carboxylic acids is 1. The summed E-state index contributed by atoms with van der Waals surface area (Å²) in [5, 5.41) is 16.5. The second kappa shape index (κ2) is 8.04. The average Bonchev–Trinajstić information content (AvgIpc) is 3.09. The molecule has 0 aliphatic heterocycles. The standard InChI is InChI=1S/C21H20FN3O3/c1-13(2)17-18(21(27)28)24-25(16-10-8-15(22)9-11-16)19(17)20(26)23-12-14-6-4-3-5-7-14/h3-11,13H,12H2,1-2H3,(H,23,26)(H,27,28). The number of carbonyl (C=O) groups is 2. The van der Waals surface area contributed by atoms with Gasteiger partial charge in [-0.05, 0) is 35.7 Å².